The van der Waals surface area contributed by atoms with Crippen LogP contribution in [0.15, 0.2) is 6.07 Å². The van der Waals surface area contributed by atoms with E-state index in [0.29, 0.717) is 6.54 Å². The number of H-pyrrole nitrogens is 1. The number of hydrogen-bond acceptors (Lipinski definition) is 3. The highest BCUT2D eigenvalue weighted by molar-refractivity contribution is 5.34. The molecule has 0 saturated heterocycles. The summed E-state index contributed by atoms with van der Waals surface area (Å²) in [4.78, 5) is 0. The fourth-order valence-electron chi connectivity index (χ4n) is 0.773. The molecule has 56 valence electrons. The quantitative estimate of drug-likeness (QED) is 0.551. The van der Waals surface area contributed by atoms with Crippen molar-refractivity contribution in [2.75, 3.05) is 18.9 Å². The minimum atomic E-state index is 0.658. The molecular formula is C6H12N4. The van der Waals surface area contributed by atoms with Crippen LogP contribution in [-0.2, 0) is 6.42 Å². The van der Waals surface area contributed by atoms with E-state index in [-0.39, 0.29) is 0 Å². The van der Waals surface area contributed by atoms with Gasteiger partial charge in [-0.15, -0.1) is 0 Å². The van der Waals surface area contributed by atoms with Gasteiger partial charge in [-0.05, 0) is 6.54 Å². The number of nitrogens with one attached hydrogen (secondary N) is 2. The largest absolute Gasteiger partial charge is 0.372 e. The van der Waals surface area contributed by atoms with Crippen molar-refractivity contribution in [3.8, 4) is 0 Å². The molecule has 0 bridgehead atoms. The highest BCUT2D eigenvalue weighted by atomic mass is 15.2. The summed E-state index contributed by atoms with van der Waals surface area (Å²) in [7, 11) is 1.84. The van der Waals surface area contributed by atoms with Gasteiger partial charge in [0.1, 0.15) is 5.82 Å². The molecule has 0 unspecified atom stereocenters. The van der Waals surface area contributed by atoms with Gasteiger partial charge in [0, 0.05) is 25.2 Å². The van der Waals surface area contributed by atoms with E-state index in [1.54, 1.807) is 0 Å². The summed E-state index contributed by atoms with van der Waals surface area (Å²) in [5, 5.41) is 9.75. The Morgan fingerprint density at radius 3 is 3.10 bits per heavy atom. The molecule has 0 radical (unpaired) electrons. The number of hydrogen-bond donors (Lipinski definition) is 3. The highest BCUT2D eigenvalue weighted by Crippen LogP contribution is 2.03. The van der Waals surface area contributed by atoms with Crippen LogP contribution >= 0.6 is 0 Å². The van der Waals surface area contributed by atoms with Gasteiger partial charge in [0.25, 0.3) is 0 Å². The van der Waals surface area contributed by atoms with Crippen molar-refractivity contribution in [2.45, 2.75) is 6.42 Å². The second kappa shape index (κ2) is 3.22. The molecule has 0 fully saturated rings. The Labute approximate surface area is 59.8 Å². The SMILES string of the molecule is CNc1cc(CCN)[nH]n1. The van der Waals surface area contributed by atoms with Crippen LogP contribution in [0, 0.1) is 0 Å². The Kier molecular flexibility index (Phi) is 2.28. The van der Waals surface area contributed by atoms with E-state index in [2.05, 4.69) is 15.5 Å². The lowest BCUT2D eigenvalue weighted by atomic mass is 10.3. The first-order valence-corrected chi connectivity index (χ1v) is 3.29. The van der Waals surface area contributed by atoms with E-state index in [1.807, 2.05) is 13.1 Å². The molecule has 1 rings (SSSR count). The van der Waals surface area contributed by atoms with Crippen LogP contribution in [0.3, 0.4) is 0 Å². The molecule has 0 amide bonds. The molecule has 0 saturated carbocycles. The van der Waals surface area contributed by atoms with Crippen LogP contribution in [0.1, 0.15) is 5.69 Å². The van der Waals surface area contributed by atoms with E-state index >= 15 is 0 Å². The summed E-state index contributed by atoms with van der Waals surface area (Å²) in [6.45, 7) is 0.658. The molecule has 0 atom stereocenters. The maximum atomic E-state index is 5.34. The molecule has 0 spiro atoms. The zero-order chi connectivity index (χ0) is 7.40. The first-order chi connectivity index (χ1) is 4.86. The van der Waals surface area contributed by atoms with Crippen molar-refractivity contribution in [3.63, 3.8) is 0 Å². The van der Waals surface area contributed by atoms with Gasteiger partial charge in [0.15, 0.2) is 0 Å². The molecule has 0 aromatic carbocycles. The molecule has 10 heavy (non-hydrogen) atoms. The molecular weight excluding hydrogens is 128 g/mol. The lowest BCUT2D eigenvalue weighted by molar-refractivity contribution is 0.902. The van der Waals surface area contributed by atoms with Gasteiger partial charge in [0.05, 0.1) is 0 Å². The van der Waals surface area contributed by atoms with Gasteiger partial charge in [0.2, 0.25) is 0 Å². The van der Waals surface area contributed by atoms with E-state index < -0.39 is 0 Å². The van der Waals surface area contributed by atoms with Crippen LogP contribution in [0.5, 0.6) is 0 Å². The first-order valence-electron chi connectivity index (χ1n) is 3.29. The zero-order valence-electron chi connectivity index (χ0n) is 6.02. The fourth-order valence-corrected chi connectivity index (χ4v) is 0.773. The predicted molar refractivity (Wildman–Crippen MR) is 40.9 cm³/mol. The van der Waals surface area contributed by atoms with E-state index in [0.717, 1.165) is 17.9 Å². The Balaban J connectivity index is 2.59. The second-order valence-electron chi connectivity index (χ2n) is 2.07. The standard InChI is InChI=1S/C6H12N4/c1-8-6-4-5(2-3-7)9-10-6/h4H,2-3,7H2,1H3,(H2,8,9,10). The van der Waals surface area contributed by atoms with Crippen LogP contribution in [0.25, 0.3) is 0 Å². The average Bonchev–Trinajstić information content (AvgIpc) is 2.37. The average molecular weight is 140 g/mol. The number of anilines is 1. The van der Waals surface area contributed by atoms with Crippen LogP contribution in [-0.4, -0.2) is 23.8 Å². The number of rotatable bonds is 3. The Hall–Kier alpha value is -1.03. The topological polar surface area (TPSA) is 66.7 Å². The highest BCUT2D eigenvalue weighted by Gasteiger charge is 1.95. The molecule has 4 heteroatoms. The molecule has 4 nitrogen and oxygen atoms in total. The summed E-state index contributed by atoms with van der Waals surface area (Å²) >= 11 is 0. The monoisotopic (exact) mass is 140 g/mol. The van der Waals surface area contributed by atoms with E-state index in [9.17, 15) is 0 Å². The van der Waals surface area contributed by atoms with Crippen molar-refractivity contribution >= 4 is 5.82 Å². The van der Waals surface area contributed by atoms with Crippen molar-refractivity contribution in [3.05, 3.63) is 11.8 Å². The van der Waals surface area contributed by atoms with Gasteiger partial charge in [-0.1, -0.05) is 0 Å². The normalized spacial score (nSPS) is 9.80. The van der Waals surface area contributed by atoms with Crippen LogP contribution in [0.2, 0.25) is 0 Å². The summed E-state index contributed by atoms with van der Waals surface area (Å²) in [6.07, 6.45) is 0.856. The Bertz CT molecular complexity index is 193. The van der Waals surface area contributed by atoms with Crippen molar-refractivity contribution in [2.24, 2.45) is 5.73 Å². The van der Waals surface area contributed by atoms with Crippen molar-refractivity contribution < 1.29 is 0 Å². The molecule has 1 heterocycles. The van der Waals surface area contributed by atoms with E-state index in [1.165, 1.54) is 0 Å². The lowest BCUT2D eigenvalue weighted by Crippen LogP contribution is -2.02. The summed E-state index contributed by atoms with van der Waals surface area (Å²) < 4.78 is 0. The Morgan fingerprint density at radius 1 is 1.80 bits per heavy atom. The number of aromatic amines is 1. The summed E-state index contributed by atoms with van der Waals surface area (Å²) in [5.74, 6) is 0.864. The van der Waals surface area contributed by atoms with Crippen molar-refractivity contribution in [1.29, 1.82) is 0 Å². The van der Waals surface area contributed by atoms with Crippen LogP contribution in [0.4, 0.5) is 5.82 Å². The van der Waals surface area contributed by atoms with E-state index in [4.69, 9.17) is 5.73 Å². The number of nitrogens with two attached hydrogens (primary N) is 1. The van der Waals surface area contributed by atoms with Crippen molar-refractivity contribution in [1.82, 2.24) is 10.2 Å². The van der Waals surface area contributed by atoms with Crippen LogP contribution < -0.4 is 11.1 Å². The zero-order valence-corrected chi connectivity index (χ0v) is 6.02. The smallest absolute Gasteiger partial charge is 0.147 e. The Morgan fingerprint density at radius 2 is 2.60 bits per heavy atom. The minimum absolute atomic E-state index is 0.658. The van der Waals surface area contributed by atoms with Gasteiger partial charge >= 0.3 is 0 Å². The molecule has 1 aromatic rings. The lowest BCUT2D eigenvalue weighted by Gasteiger charge is -1.88. The molecule has 1 aromatic heterocycles. The van der Waals surface area contributed by atoms with Gasteiger partial charge in [-0.25, -0.2) is 0 Å². The maximum Gasteiger partial charge on any atom is 0.147 e. The molecule has 0 aliphatic rings. The third-order valence-electron chi connectivity index (χ3n) is 1.30. The minimum Gasteiger partial charge on any atom is -0.372 e. The first kappa shape index (κ1) is 7.08. The van der Waals surface area contributed by atoms with Gasteiger partial charge in [-0.2, -0.15) is 5.10 Å². The van der Waals surface area contributed by atoms with Gasteiger partial charge in [-0.3, -0.25) is 5.10 Å². The molecule has 4 N–H and O–H groups in total. The van der Waals surface area contributed by atoms with Gasteiger partial charge < -0.3 is 11.1 Å². The number of nitrogens with zero attached hydrogens (tertiary/aromatic N) is 1. The third-order valence-corrected chi connectivity index (χ3v) is 1.30. The predicted octanol–water partition coefficient (Wildman–Crippen LogP) is -0.0474. The maximum absolute atomic E-state index is 5.34. The fraction of sp³-hybridized carbons (Fsp3) is 0.500. The third kappa shape index (κ3) is 1.48. The number of aromatic nitrogens is 2. The second-order valence-corrected chi connectivity index (χ2v) is 2.07. The molecule has 0 aliphatic heterocycles. The summed E-state index contributed by atoms with van der Waals surface area (Å²) in [6, 6.07) is 1.95. The molecule has 0 aliphatic carbocycles. The summed E-state index contributed by atoms with van der Waals surface area (Å²) in [5.41, 5.74) is 6.42.